The molecule has 0 saturated carbocycles. The molecule has 0 aromatic carbocycles. The third kappa shape index (κ3) is 52.2. The summed E-state index contributed by atoms with van der Waals surface area (Å²) >= 11 is 0. The van der Waals surface area contributed by atoms with Crippen molar-refractivity contribution in [2.45, 2.75) is 297 Å². The molecule has 6 nitrogen and oxygen atoms in total. The van der Waals surface area contributed by atoms with Gasteiger partial charge in [0.1, 0.15) is 13.2 Å². The largest absolute Gasteiger partial charge is 0.462 e. The smallest absolute Gasteiger partial charge is 0.306 e. The van der Waals surface area contributed by atoms with Crippen LogP contribution in [0.25, 0.3) is 0 Å². The number of carbonyl (C=O) groups is 3. The molecule has 0 amide bonds. The lowest BCUT2D eigenvalue weighted by molar-refractivity contribution is -0.167. The summed E-state index contributed by atoms with van der Waals surface area (Å²) < 4.78 is 16.8. The number of hydrogen-bond acceptors (Lipinski definition) is 6. The number of hydrogen-bond donors (Lipinski definition) is 0. The van der Waals surface area contributed by atoms with Crippen molar-refractivity contribution in [2.75, 3.05) is 13.2 Å². The summed E-state index contributed by atoms with van der Waals surface area (Å²) in [6, 6.07) is 0. The summed E-state index contributed by atoms with van der Waals surface area (Å²) in [7, 11) is 0. The Morgan fingerprint density at radius 3 is 0.877 bits per heavy atom. The molecule has 0 saturated heterocycles. The molecule has 0 N–H and O–H groups in total. The van der Waals surface area contributed by atoms with Crippen LogP contribution >= 0.6 is 0 Å². The number of allylic oxidation sites excluding steroid dienone is 8. The van der Waals surface area contributed by atoms with Crippen LogP contribution in [0, 0.1) is 0 Å². The van der Waals surface area contributed by atoms with E-state index in [1.807, 2.05) is 0 Å². The quantitative estimate of drug-likeness (QED) is 0.0262. The van der Waals surface area contributed by atoms with Crippen molar-refractivity contribution >= 4 is 17.9 Å². The number of rotatable bonds is 51. The lowest BCUT2D eigenvalue weighted by Crippen LogP contribution is -2.30. The van der Waals surface area contributed by atoms with Crippen molar-refractivity contribution in [2.24, 2.45) is 0 Å². The third-order valence-electron chi connectivity index (χ3n) is 12.3. The second-order valence-corrected chi connectivity index (χ2v) is 18.8. The lowest BCUT2D eigenvalue weighted by atomic mass is 10.0. The van der Waals surface area contributed by atoms with Crippen molar-refractivity contribution in [1.29, 1.82) is 0 Å². The van der Waals surface area contributed by atoms with Crippen LogP contribution in [-0.2, 0) is 28.6 Å². The highest BCUT2D eigenvalue weighted by Gasteiger charge is 2.19. The van der Waals surface area contributed by atoms with E-state index in [2.05, 4.69) is 69.4 Å². The first kappa shape index (κ1) is 62.4. The predicted molar refractivity (Wildman–Crippen MR) is 279 cm³/mol. The first-order valence-corrected chi connectivity index (χ1v) is 28.1. The topological polar surface area (TPSA) is 78.9 Å². The Morgan fingerprint density at radius 2 is 0.554 bits per heavy atom. The van der Waals surface area contributed by atoms with E-state index in [1.165, 1.54) is 154 Å². The molecule has 0 bridgehead atoms. The Hall–Kier alpha value is -2.63. The van der Waals surface area contributed by atoms with Crippen LogP contribution in [-0.4, -0.2) is 37.2 Å². The molecule has 0 spiro atoms. The van der Waals surface area contributed by atoms with Gasteiger partial charge in [0.05, 0.1) is 0 Å². The molecule has 378 valence electrons. The van der Waals surface area contributed by atoms with Gasteiger partial charge in [0.15, 0.2) is 6.10 Å². The fourth-order valence-corrected chi connectivity index (χ4v) is 8.03. The van der Waals surface area contributed by atoms with Gasteiger partial charge in [-0.2, -0.15) is 0 Å². The minimum Gasteiger partial charge on any atom is -0.462 e. The Morgan fingerprint density at radius 1 is 0.308 bits per heavy atom. The molecule has 0 radical (unpaired) electrons. The van der Waals surface area contributed by atoms with Gasteiger partial charge in [0, 0.05) is 19.3 Å². The highest BCUT2D eigenvalue weighted by atomic mass is 16.6. The Bertz CT molecular complexity index is 1140. The molecule has 0 aliphatic rings. The fraction of sp³-hybridized carbons (Fsp3) is 0.814. The van der Waals surface area contributed by atoms with Gasteiger partial charge in [-0.15, -0.1) is 0 Å². The maximum Gasteiger partial charge on any atom is 0.306 e. The standard InChI is InChI=1S/C59H106O6/c1-4-7-10-13-16-19-22-25-28-29-32-34-37-40-43-46-49-52-58(61)64-55-56(65-59(62)53-50-47-44-41-38-35-31-27-24-21-18-15-12-9-6-3)54-63-57(60)51-48-45-42-39-36-33-30-26-23-20-17-14-11-8-5-2/h16,18-19,21,25,27-28,31,56H,4-15,17,20,22-24,26,29-30,32-55H2,1-3H3/b19-16-,21-18-,28-25-,31-27-/t56-/m0/s1. The summed E-state index contributed by atoms with van der Waals surface area (Å²) in [5.74, 6) is -0.888. The van der Waals surface area contributed by atoms with Crippen molar-refractivity contribution in [3.8, 4) is 0 Å². The number of ether oxygens (including phenoxy) is 3. The predicted octanol–water partition coefficient (Wildman–Crippen LogP) is 18.7. The van der Waals surface area contributed by atoms with E-state index in [1.54, 1.807) is 0 Å². The van der Waals surface area contributed by atoms with E-state index in [9.17, 15) is 14.4 Å². The Balaban J connectivity index is 4.38. The van der Waals surface area contributed by atoms with E-state index in [0.29, 0.717) is 19.3 Å². The van der Waals surface area contributed by atoms with E-state index in [0.717, 1.165) is 96.3 Å². The highest BCUT2D eigenvalue weighted by molar-refractivity contribution is 5.71. The summed E-state index contributed by atoms with van der Waals surface area (Å²) in [6.45, 7) is 6.60. The zero-order valence-corrected chi connectivity index (χ0v) is 43.3. The average molecular weight is 911 g/mol. The van der Waals surface area contributed by atoms with Crippen LogP contribution in [0.5, 0.6) is 0 Å². The molecule has 0 aliphatic heterocycles. The van der Waals surface area contributed by atoms with Crippen LogP contribution < -0.4 is 0 Å². The van der Waals surface area contributed by atoms with E-state index < -0.39 is 6.10 Å². The Kier molecular flexibility index (Phi) is 51.8. The molecule has 0 heterocycles. The van der Waals surface area contributed by atoms with Gasteiger partial charge in [0.2, 0.25) is 0 Å². The average Bonchev–Trinajstić information content (AvgIpc) is 3.30. The first-order valence-electron chi connectivity index (χ1n) is 28.1. The number of carbonyl (C=O) groups excluding carboxylic acids is 3. The van der Waals surface area contributed by atoms with E-state index in [4.69, 9.17) is 14.2 Å². The molecule has 0 unspecified atom stereocenters. The molecular weight excluding hydrogens is 805 g/mol. The second kappa shape index (κ2) is 54.0. The SMILES string of the molecule is CCCCC/C=C\C/C=C\CCCCCCCCCC(=O)OC[C@H](COC(=O)CCCCCCCCCCCCCCCCC)OC(=O)CCCCCCC/C=C\C/C=C\CCCCC. The van der Waals surface area contributed by atoms with Gasteiger partial charge in [0.25, 0.3) is 0 Å². The minimum atomic E-state index is -0.781. The monoisotopic (exact) mass is 911 g/mol. The van der Waals surface area contributed by atoms with Crippen molar-refractivity contribution in [1.82, 2.24) is 0 Å². The Labute approximate surface area is 403 Å². The third-order valence-corrected chi connectivity index (χ3v) is 12.3. The molecule has 0 rings (SSSR count). The molecule has 0 fully saturated rings. The number of unbranched alkanes of at least 4 members (excludes halogenated alkanes) is 32. The van der Waals surface area contributed by atoms with Crippen LogP contribution in [0.15, 0.2) is 48.6 Å². The van der Waals surface area contributed by atoms with E-state index >= 15 is 0 Å². The van der Waals surface area contributed by atoms with Gasteiger partial charge < -0.3 is 14.2 Å². The zero-order valence-electron chi connectivity index (χ0n) is 43.3. The maximum atomic E-state index is 12.8. The molecular formula is C59H106O6. The minimum absolute atomic E-state index is 0.0786. The van der Waals surface area contributed by atoms with Gasteiger partial charge in [-0.3, -0.25) is 14.4 Å². The van der Waals surface area contributed by atoms with Crippen LogP contribution in [0.4, 0.5) is 0 Å². The summed E-state index contributed by atoms with van der Waals surface area (Å²) in [6.07, 6.45) is 65.2. The molecule has 6 heteroatoms. The number of esters is 3. The molecule has 0 aromatic rings. The molecule has 1 atom stereocenters. The van der Waals surface area contributed by atoms with Gasteiger partial charge in [-0.25, -0.2) is 0 Å². The van der Waals surface area contributed by atoms with Crippen LogP contribution in [0.2, 0.25) is 0 Å². The normalized spacial score (nSPS) is 12.4. The van der Waals surface area contributed by atoms with Gasteiger partial charge in [-0.05, 0) is 83.5 Å². The molecule has 0 aliphatic carbocycles. The van der Waals surface area contributed by atoms with Crippen molar-refractivity contribution in [3.63, 3.8) is 0 Å². The van der Waals surface area contributed by atoms with E-state index in [-0.39, 0.29) is 31.1 Å². The van der Waals surface area contributed by atoms with Crippen LogP contribution in [0.3, 0.4) is 0 Å². The van der Waals surface area contributed by atoms with Gasteiger partial charge >= 0.3 is 17.9 Å². The van der Waals surface area contributed by atoms with Crippen molar-refractivity contribution < 1.29 is 28.6 Å². The first-order chi connectivity index (χ1) is 32.0. The van der Waals surface area contributed by atoms with Crippen molar-refractivity contribution in [3.05, 3.63) is 48.6 Å². The maximum absolute atomic E-state index is 12.8. The highest BCUT2D eigenvalue weighted by Crippen LogP contribution is 2.16. The lowest BCUT2D eigenvalue weighted by Gasteiger charge is -2.18. The second-order valence-electron chi connectivity index (χ2n) is 18.8. The fourth-order valence-electron chi connectivity index (χ4n) is 8.03. The zero-order chi connectivity index (χ0) is 47.2. The summed E-state index contributed by atoms with van der Waals surface area (Å²) in [5.41, 5.74) is 0. The molecule has 0 aromatic heterocycles. The van der Waals surface area contributed by atoms with Crippen LogP contribution in [0.1, 0.15) is 290 Å². The van der Waals surface area contributed by atoms with Gasteiger partial charge in [-0.1, -0.05) is 236 Å². The summed E-state index contributed by atoms with van der Waals surface area (Å²) in [4.78, 5) is 38.1. The summed E-state index contributed by atoms with van der Waals surface area (Å²) in [5, 5.41) is 0. The molecule has 65 heavy (non-hydrogen) atoms.